The van der Waals surface area contributed by atoms with E-state index in [1.54, 1.807) is 42.7 Å². The fourth-order valence-electron chi connectivity index (χ4n) is 4.01. The van der Waals surface area contributed by atoms with Crippen LogP contribution in [-0.4, -0.2) is 51.7 Å². The molecule has 0 bridgehead atoms. The summed E-state index contributed by atoms with van der Waals surface area (Å²) in [6, 6.07) is 8.09. The number of carboxylic acid groups (broad SMARTS) is 1. The number of aliphatic imine (C=N–C) groups is 1. The van der Waals surface area contributed by atoms with Gasteiger partial charge in [-0.2, -0.15) is 0 Å². The number of imidazole rings is 1. The van der Waals surface area contributed by atoms with E-state index in [9.17, 15) is 9.59 Å². The highest BCUT2D eigenvalue weighted by Crippen LogP contribution is 2.38. The molecule has 0 radical (unpaired) electrons. The topological polar surface area (TPSA) is 109 Å². The minimum Gasteiger partial charge on any atom is -0.495 e. The number of hydrogen-bond donors (Lipinski definition) is 2. The maximum absolute atomic E-state index is 16.0. The predicted octanol–water partition coefficient (Wildman–Crippen LogP) is 3.84. The van der Waals surface area contributed by atoms with Gasteiger partial charge in [-0.05, 0) is 26.0 Å². The highest BCUT2D eigenvalue weighted by Gasteiger charge is 2.40. The van der Waals surface area contributed by atoms with Crippen molar-refractivity contribution in [2.45, 2.75) is 25.8 Å². The smallest absolute Gasteiger partial charge is 0.411 e. The summed E-state index contributed by atoms with van der Waals surface area (Å²) in [4.78, 5) is 33.7. The Morgan fingerprint density at radius 3 is 2.76 bits per heavy atom. The van der Waals surface area contributed by atoms with Crippen LogP contribution >= 0.6 is 11.6 Å². The van der Waals surface area contributed by atoms with Gasteiger partial charge in [0.1, 0.15) is 11.6 Å². The third-order valence-electron chi connectivity index (χ3n) is 5.65. The van der Waals surface area contributed by atoms with Crippen molar-refractivity contribution in [1.82, 2.24) is 19.8 Å². The summed E-state index contributed by atoms with van der Waals surface area (Å²) in [7, 11) is 2.90. The molecule has 0 saturated carbocycles. The van der Waals surface area contributed by atoms with E-state index in [0.717, 1.165) is 4.90 Å². The molecule has 0 saturated heterocycles. The van der Waals surface area contributed by atoms with Crippen LogP contribution in [0.3, 0.4) is 0 Å². The van der Waals surface area contributed by atoms with E-state index in [0.29, 0.717) is 27.6 Å². The molecule has 1 aliphatic heterocycles. The van der Waals surface area contributed by atoms with Crippen molar-refractivity contribution < 1.29 is 23.8 Å². The highest BCUT2D eigenvalue weighted by molar-refractivity contribution is 6.32. The Morgan fingerprint density at radius 2 is 2.09 bits per heavy atom. The lowest BCUT2D eigenvalue weighted by Crippen LogP contribution is -2.51. The Bertz CT molecular complexity index is 1340. The summed E-state index contributed by atoms with van der Waals surface area (Å²) in [5, 5.41) is 11.5. The third-order valence-corrected chi connectivity index (χ3v) is 5.95. The molecule has 0 fully saturated rings. The number of amides is 2. The molecular weight excluding hydrogens is 453 g/mol. The number of fused-ring (bicyclic) bond motifs is 1. The van der Waals surface area contributed by atoms with Crippen molar-refractivity contribution in [3.05, 3.63) is 52.6 Å². The zero-order chi connectivity index (χ0) is 24.1. The van der Waals surface area contributed by atoms with Gasteiger partial charge in [0.2, 0.25) is 11.9 Å². The molecular formula is C22H21ClFN5O4. The van der Waals surface area contributed by atoms with Crippen LogP contribution in [0.25, 0.3) is 16.7 Å². The van der Waals surface area contributed by atoms with Gasteiger partial charge in [-0.25, -0.2) is 19.2 Å². The largest absolute Gasteiger partial charge is 0.495 e. The first-order valence-corrected chi connectivity index (χ1v) is 10.3. The average Bonchev–Trinajstić information content (AvgIpc) is 3.05. The van der Waals surface area contributed by atoms with Gasteiger partial charge in [-0.1, -0.05) is 23.7 Å². The van der Waals surface area contributed by atoms with Crippen LogP contribution in [-0.2, 0) is 10.3 Å². The van der Waals surface area contributed by atoms with E-state index in [2.05, 4.69) is 15.3 Å². The first-order valence-electron chi connectivity index (χ1n) is 9.94. The van der Waals surface area contributed by atoms with Gasteiger partial charge in [-0.15, -0.1) is 0 Å². The molecule has 1 atom stereocenters. The van der Waals surface area contributed by atoms with Gasteiger partial charge in [0.05, 0.1) is 40.8 Å². The number of carbonyl (C=O) groups is 2. The molecule has 11 heteroatoms. The molecule has 4 rings (SSSR count). The minimum absolute atomic E-state index is 0.138. The van der Waals surface area contributed by atoms with Crippen molar-refractivity contribution in [2.75, 3.05) is 14.2 Å². The number of halogens is 2. The number of ether oxygens (including phenoxy) is 1. The van der Waals surface area contributed by atoms with Gasteiger partial charge >= 0.3 is 6.09 Å². The lowest BCUT2D eigenvalue weighted by Gasteiger charge is -2.35. The molecule has 0 aliphatic carbocycles. The van der Waals surface area contributed by atoms with Crippen molar-refractivity contribution >= 4 is 40.6 Å². The Morgan fingerprint density at radius 1 is 1.36 bits per heavy atom. The standard InChI is InChI=1S/C22H21ClFN5O4/c1-11-25-14-9-17(33-4)13(23)8-16(14)29(11)15-7-5-6-12(19(15)24)22(2)10-18(30)28(3)20(27-22)26-21(31)32/h5-9H,10H2,1-4H3,(H,26,27)(H,31,32)/t22-/m0/s1. The van der Waals surface area contributed by atoms with Gasteiger partial charge in [0.25, 0.3) is 0 Å². The number of rotatable bonds is 3. The number of benzene rings is 2. The summed E-state index contributed by atoms with van der Waals surface area (Å²) in [5.74, 6) is -0.205. The summed E-state index contributed by atoms with van der Waals surface area (Å²) in [6.45, 7) is 3.32. The average molecular weight is 474 g/mol. The maximum Gasteiger partial charge on any atom is 0.411 e. The van der Waals surface area contributed by atoms with Crippen molar-refractivity contribution in [3.63, 3.8) is 0 Å². The molecule has 1 aromatic heterocycles. The first-order chi connectivity index (χ1) is 15.6. The van der Waals surface area contributed by atoms with E-state index in [1.165, 1.54) is 20.2 Å². The number of methoxy groups -OCH3 is 1. The van der Waals surface area contributed by atoms with Crippen LogP contribution < -0.4 is 10.1 Å². The fraction of sp³-hybridized carbons (Fsp3) is 0.273. The zero-order valence-electron chi connectivity index (χ0n) is 18.3. The molecule has 172 valence electrons. The number of nitrogens with zero attached hydrogens (tertiary/aromatic N) is 4. The van der Waals surface area contributed by atoms with Crippen molar-refractivity contribution in [3.8, 4) is 11.4 Å². The second-order valence-electron chi connectivity index (χ2n) is 7.88. The van der Waals surface area contributed by atoms with Gasteiger partial charge in [0, 0.05) is 18.7 Å². The molecule has 2 heterocycles. The number of nitrogens with one attached hydrogen (secondary N) is 1. The van der Waals surface area contributed by atoms with Gasteiger partial charge in [0.15, 0.2) is 5.82 Å². The summed E-state index contributed by atoms with van der Waals surface area (Å²) < 4.78 is 22.9. The van der Waals surface area contributed by atoms with E-state index >= 15 is 4.39 Å². The predicted molar refractivity (Wildman–Crippen MR) is 121 cm³/mol. The Balaban J connectivity index is 1.90. The van der Waals surface area contributed by atoms with E-state index < -0.39 is 23.4 Å². The van der Waals surface area contributed by atoms with Gasteiger partial charge in [-0.3, -0.25) is 19.6 Å². The van der Waals surface area contributed by atoms with E-state index in [4.69, 9.17) is 21.4 Å². The van der Waals surface area contributed by atoms with E-state index in [1.807, 2.05) is 0 Å². The molecule has 3 aromatic rings. The number of aromatic nitrogens is 2. The van der Waals surface area contributed by atoms with E-state index in [-0.39, 0.29) is 23.6 Å². The summed E-state index contributed by atoms with van der Waals surface area (Å²) in [5.41, 5.74) is 0.171. The Hall–Kier alpha value is -3.66. The molecule has 0 spiro atoms. The molecule has 0 unspecified atom stereocenters. The zero-order valence-corrected chi connectivity index (χ0v) is 19.1. The lowest BCUT2D eigenvalue weighted by molar-refractivity contribution is -0.128. The molecule has 1 aliphatic rings. The number of guanidine groups is 1. The van der Waals surface area contributed by atoms with Crippen LogP contribution in [0.15, 0.2) is 35.3 Å². The molecule has 33 heavy (non-hydrogen) atoms. The fourth-order valence-corrected chi connectivity index (χ4v) is 4.25. The van der Waals surface area contributed by atoms with Crippen LogP contribution in [0.5, 0.6) is 5.75 Å². The van der Waals surface area contributed by atoms with Crippen LogP contribution in [0.2, 0.25) is 5.02 Å². The molecule has 2 aromatic carbocycles. The Labute approximate surface area is 193 Å². The lowest BCUT2D eigenvalue weighted by atomic mass is 9.86. The van der Waals surface area contributed by atoms with Crippen LogP contribution in [0.1, 0.15) is 24.7 Å². The number of carbonyl (C=O) groups excluding carboxylic acids is 1. The summed E-state index contributed by atoms with van der Waals surface area (Å²) >= 11 is 6.30. The third kappa shape index (κ3) is 3.76. The summed E-state index contributed by atoms with van der Waals surface area (Å²) in [6.07, 6.45) is -1.51. The van der Waals surface area contributed by atoms with Gasteiger partial charge < -0.3 is 9.84 Å². The second-order valence-corrected chi connectivity index (χ2v) is 8.28. The minimum atomic E-state index is -1.38. The number of aryl methyl sites for hydroxylation is 1. The Kier molecular flexibility index (Phi) is 5.49. The second kappa shape index (κ2) is 8.04. The molecule has 2 N–H and O–H groups in total. The monoisotopic (exact) mass is 473 g/mol. The number of hydrogen-bond acceptors (Lipinski definition) is 5. The normalized spacial score (nSPS) is 18.4. The van der Waals surface area contributed by atoms with Crippen LogP contribution in [0.4, 0.5) is 9.18 Å². The quantitative estimate of drug-likeness (QED) is 0.600. The SMILES string of the molecule is COc1cc2nc(C)n(-c3cccc([C@]4(C)CC(=O)N(C)C(NC(=O)O)=N4)c3F)c2cc1Cl. The van der Waals surface area contributed by atoms with Crippen LogP contribution in [0, 0.1) is 12.7 Å². The highest BCUT2D eigenvalue weighted by atomic mass is 35.5. The maximum atomic E-state index is 16.0. The molecule has 2 amide bonds. The first kappa shape index (κ1) is 22.5. The van der Waals surface area contributed by atoms with Crippen molar-refractivity contribution in [2.24, 2.45) is 4.99 Å². The van der Waals surface area contributed by atoms with Crippen molar-refractivity contribution in [1.29, 1.82) is 0 Å². The molecule has 9 nitrogen and oxygen atoms in total.